The Hall–Kier alpha value is -4.63. The number of likely N-dealkylation sites (tertiary alicyclic amines) is 1. The summed E-state index contributed by atoms with van der Waals surface area (Å²) in [6.07, 6.45) is 6.85. The number of amides is 2. The summed E-state index contributed by atoms with van der Waals surface area (Å²) in [5, 5.41) is 8.51. The predicted molar refractivity (Wildman–Crippen MR) is 174 cm³/mol. The molecule has 1 atom stereocenters. The number of anilines is 1. The number of aryl methyl sites for hydroxylation is 1. The van der Waals surface area contributed by atoms with Crippen molar-refractivity contribution in [3.05, 3.63) is 83.0 Å². The Morgan fingerprint density at radius 1 is 1.25 bits per heavy atom. The molecule has 9 nitrogen and oxygen atoms in total. The fourth-order valence-electron chi connectivity index (χ4n) is 7.71. The lowest BCUT2D eigenvalue weighted by atomic mass is 9.58. The van der Waals surface area contributed by atoms with E-state index in [1.54, 1.807) is 30.4 Å². The lowest BCUT2D eigenvalue weighted by Gasteiger charge is -2.46. The second-order valence-electron chi connectivity index (χ2n) is 13.3. The molecule has 2 aliphatic heterocycles. The predicted octanol–water partition coefficient (Wildman–Crippen LogP) is 5.33. The quantitative estimate of drug-likeness (QED) is 0.228. The molecule has 3 aromatic rings. The Morgan fingerprint density at radius 3 is 2.67 bits per heavy atom. The number of likely N-dealkylation sites (N-methyl/N-ethyl adjacent to an activating group) is 1. The average molecular weight is 661 g/mol. The number of fused-ring (bicyclic) bond motifs is 1. The SMILES string of the molecule is C#CCOc1cc(N2Cc3c(cc(CN4CCC[C@H](N(C)C(=O)C=C)C4)cc3C(F)(F)F)C2=O)cc(C2(c3nncn3C)CC(C)C2)c1. The summed E-state index contributed by atoms with van der Waals surface area (Å²) in [7, 11) is 3.58. The number of nitrogens with zero attached hydrogens (tertiary/aromatic N) is 6. The first kappa shape index (κ1) is 33.3. The lowest BCUT2D eigenvalue weighted by Crippen LogP contribution is -2.47. The van der Waals surface area contributed by atoms with Crippen molar-refractivity contribution in [2.75, 3.05) is 31.6 Å². The van der Waals surface area contributed by atoms with Gasteiger partial charge in [0.15, 0.2) is 0 Å². The number of alkyl halides is 3. The summed E-state index contributed by atoms with van der Waals surface area (Å²) in [6.45, 7) is 6.84. The first-order chi connectivity index (χ1) is 22.8. The zero-order chi connectivity index (χ0) is 34.4. The molecule has 2 aromatic carbocycles. The minimum atomic E-state index is -4.67. The molecule has 0 radical (unpaired) electrons. The van der Waals surface area contributed by atoms with Crippen molar-refractivity contribution in [3.8, 4) is 18.1 Å². The summed E-state index contributed by atoms with van der Waals surface area (Å²) in [4.78, 5) is 31.3. The van der Waals surface area contributed by atoms with Crippen LogP contribution < -0.4 is 9.64 Å². The normalized spacial score (nSPS) is 22.5. The second kappa shape index (κ2) is 12.8. The molecule has 0 unspecified atom stereocenters. The molecule has 0 bridgehead atoms. The van der Waals surface area contributed by atoms with Crippen LogP contribution in [-0.4, -0.2) is 69.2 Å². The van der Waals surface area contributed by atoms with Crippen LogP contribution in [0.1, 0.15) is 71.0 Å². The fraction of sp³-hybridized carbons (Fsp3) is 0.444. The van der Waals surface area contributed by atoms with Crippen LogP contribution in [0.15, 0.2) is 49.3 Å². The van der Waals surface area contributed by atoms with Crippen LogP contribution in [-0.2, 0) is 36.5 Å². The zero-order valence-electron chi connectivity index (χ0n) is 27.4. The van der Waals surface area contributed by atoms with Crippen LogP contribution in [0.3, 0.4) is 0 Å². The van der Waals surface area contributed by atoms with Crippen LogP contribution in [0.4, 0.5) is 18.9 Å². The van der Waals surface area contributed by atoms with Crippen LogP contribution in [0.5, 0.6) is 5.75 Å². The van der Waals surface area contributed by atoms with Crippen LogP contribution >= 0.6 is 0 Å². The highest BCUT2D eigenvalue weighted by molar-refractivity contribution is 6.10. The monoisotopic (exact) mass is 660 g/mol. The molecule has 0 spiro atoms. The molecule has 1 aromatic heterocycles. The van der Waals surface area contributed by atoms with E-state index in [0.29, 0.717) is 36.0 Å². The third-order valence-corrected chi connectivity index (χ3v) is 9.97. The third kappa shape index (κ3) is 6.07. The van der Waals surface area contributed by atoms with Gasteiger partial charge in [-0.3, -0.25) is 14.5 Å². The van der Waals surface area contributed by atoms with E-state index in [4.69, 9.17) is 11.2 Å². The maximum atomic E-state index is 14.6. The molecule has 3 heterocycles. The van der Waals surface area contributed by atoms with Gasteiger partial charge in [-0.15, -0.1) is 16.6 Å². The average Bonchev–Trinajstić information content (AvgIpc) is 3.63. The maximum absolute atomic E-state index is 14.6. The fourth-order valence-corrected chi connectivity index (χ4v) is 7.71. The Balaban J connectivity index is 1.35. The number of ether oxygens (including phenoxy) is 1. The Labute approximate surface area is 278 Å². The van der Waals surface area contributed by atoms with Crippen LogP contribution in [0.25, 0.3) is 0 Å². The van der Waals surface area contributed by atoms with E-state index in [9.17, 15) is 22.8 Å². The van der Waals surface area contributed by atoms with E-state index in [1.807, 2.05) is 28.6 Å². The van der Waals surface area contributed by atoms with E-state index < -0.39 is 23.1 Å². The molecular weight excluding hydrogens is 621 g/mol. The van der Waals surface area contributed by atoms with Crippen molar-refractivity contribution >= 4 is 17.5 Å². The van der Waals surface area contributed by atoms with Gasteiger partial charge >= 0.3 is 6.18 Å². The van der Waals surface area contributed by atoms with Crippen molar-refractivity contribution in [1.29, 1.82) is 0 Å². The van der Waals surface area contributed by atoms with Gasteiger partial charge in [0.05, 0.1) is 17.5 Å². The molecule has 48 heavy (non-hydrogen) atoms. The molecule has 2 amide bonds. The van der Waals surface area contributed by atoms with Gasteiger partial charge < -0.3 is 19.1 Å². The molecule has 12 heteroatoms. The highest BCUT2D eigenvalue weighted by Gasteiger charge is 2.49. The number of carbonyl (C=O) groups is 2. The summed E-state index contributed by atoms with van der Waals surface area (Å²) in [6, 6.07) is 8.05. The molecule has 0 N–H and O–H groups in total. The van der Waals surface area contributed by atoms with Gasteiger partial charge in [-0.1, -0.05) is 19.4 Å². The van der Waals surface area contributed by atoms with Gasteiger partial charge in [-0.25, -0.2) is 0 Å². The highest BCUT2D eigenvalue weighted by atomic mass is 19.4. The molecule has 252 valence electrons. The summed E-state index contributed by atoms with van der Waals surface area (Å²) in [5.41, 5.74) is 0.301. The number of halogens is 3. The number of hydrogen-bond donors (Lipinski definition) is 0. The van der Waals surface area contributed by atoms with Gasteiger partial charge in [0, 0.05) is 50.5 Å². The van der Waals surface area contributed by atoms with E-state index >= 15 is 0 Å². The highest BCUT2D eigenvalue weighted by Crippen LogP contribution is 2.53. The maximum Gasteiger partial charge on any atom is 0.416 e. The van der Waals surface area contributed by atoms with Gasteiger partial charge in [0.25, 0.3) is 5.91 Å². The van der Waals surface area contributed by atoms with E-state index in [-0.39, 0.29) is 42.8 Å². The molecule has 1 aliphatic carbocycles. The molecular formula is C36H39F3N6O3. The topological polar surface area (TPSA) is 83.8 Å². The zero-order valence-corrected chi connectivity index (χ0v) is 27.4. The third-order valence-electron chi connectivity index (χ3n) is 9.97. The lowest BCUT2D eigenvalue weighted by molar-refractivity contribution is -0.138. The summed E-state index contributed by atoms with van der Waals surface area (Å²) < 4.78 is 51.5. The first-order valence-electron chi connectivity index (χ1n) is 16.1. The van der Waals surface area contributed by atoms with Gasteiger partial charge in [-0.05, 0) is 85.2 Å². The largest absolute Gasteiger partial charge is 0.481 e. The number of rotatable bonds is 9. The summed E-state index contributed by atoms with van der Waals surface area (Å²) >= 11 is 0. The van der Waals surface area contributed by atoms with Crippen LogP contribution in [0.2, 0.25) is 0 Å². The Kier molecular flexibility index (Phi) is 8.85. The van der Waals surface area contributed by atoms with Crippen molar-refractivity contribution in [2.24, 2.45) is 13.0 Å². The van der Waals surface area contributed by atoms with Gasteiger partial charge in [0.2, 0.25) is 5.91 Å². The molecule has 2 fully saturated rings. The van der Waals surface area contributed by atoms with Crippen molar-refractivity contribution in [2.45, 2.75) is 63.3 Å². The molecule has 3 aliphatic rings. The number of hydrogen-bond acceptors (Lipinski definition) is 6. The minimum Gasteiger partial charge on any atom is -0.481 e. The van der Waals surface area contributed by atoms with E-state index in [1.165, 1.54) is 11.0 Å². The van der Waals surface area contributed by atoms with Crippen LogP contribution in [0, 0.1) is 18.3 Å². The van der Waals surface area contributed by atoms with Crippen molar-refractivity contribution < 1.29 is 27.5 Å². The van der Waals surface area contributed by atoms with Crippen molar-refractivity contribution in [1.82, 2.24) is 24.6 Å². The van der Waals surface area contributed by atoms with Gasteiger partial charge in [-0.2, -0.15) is 13.2 Å². The van der Waals surface area contributed by atoms with Crippen molar-refractivity contribution in [3.63, 3.8) is 0 Å². The molecule has 1 saturated carbocycles. The number of carbonyl (C=O) groups excluding carboxylic acids is 2. The molecule has 6 rings (SSSR count). The smallest absolute Gasteiger partial charge is 0.416 e. The van der Waals surface area contributed by atoms with E-state index in [2.05, 4.69) is 29.6 Å². The van der Waals surface area contributed by atoms with E-state index in [0.717, 1.165) is 43.1 Å². The first-order valence-corrected chi connectivity index (χ1v) is 16.1. The minimum absolute atomic E-state index is 0.0130. The van der Waals surface area contributed by atoms with Gasteiger partial charge in [0.1, 0.15) is 24.5 Å². The number of terminal acetylenes is 1. The summed E-state index contributed by atoms with van der Waals surface area (Å²) in [5.74, 6) is 3.33. The molecule has 1 saturated heterocycles. The number of aromatic nitrogens is 3. The Morgan fingerprint density at radius 2 is 2.02 bits per heavy atom. The Bertz CT molecular complexity index is 1790. The standard InChI is InChI=1S/C36H39F3N6O3/c1-6-11-48-28-15-25(35(17-23(3)18-35)34-41-40-22-42(34)4)14-27(16-28)45-21-30-29(33(45)47)12-24(13-31(30)36(37,38)39)19-44-10-8-9-26(20-44)43(5)32(46)7-2/h1,7,12-16,22-23,26H,2,8-11,17-21H2,3-5H3/t23?,26-,35?/m0/s1. The number of piperidine rings is 1. The second-order valence-corrected chi connectivity index (χ2v) is 13.3. The number of benzene rings is 2.